The molecule has 0 spiro atoms. The van der Waals surface area contributed by atoms with Crippen LogP contribution in [0.15, 0.2) is 0 Å². The van der Waals surface area contributed by atoms with E-state index >= 15 is 0 Å². The van der Waals surface area contributed by atoms with Gasteiger partial charge in [-0.1, -0.05) is 6.92 Å². The summed E-state index contributed by atoms with van der Waals surface area (Å²) in [5.74, 6) is -1.74. The van der Waals surface area contributed by atoms with Crippen LogP contribution in [0.1, 0.15) is 26.2 Å². The van der Waals surface area contributed by atoms with Gasteiger partial charge >= 0.3 is 0 Å². The van der Waals surface area contributed by atoms with Gasteiger partial charge in [-0.2, -0.15) is 0 Å². The van der Waals surface area contributed by atoms with Crippen LogP contribution in [0.4, 0.5) is 0 Å². The first kappa shape index (κ1) is 41.6. The normalized spacial score (nSPS) is 48.3. The third-order valence-electron chi connectivity index (χ3n) is 10.0. The minimum atomic E-state index is -1.73. The standard InChI is InChI=1S/C29H55N5O16/c1-2-10(36)18(39)11(37)4-8-3-9(32)24(48-27-15(33)21(42)19(40)12(5-30)45-27)26(17(8)38)50-29-23(44)25(14(7-35)47-29)49-28-16(34)22(43)20(41)13(6-31)46-28/h8-10,12-29,35-36,38-44H,2-7,30-34H2,1H3/t8-,9-,10+,12+,13-,14+,15+,16+,17-,18-,19+,20+,21-,22+,23+,24+,25+,26+,27+,28+,29-/m0/s1. The molecule has 19 N–H and O–H groups in total. The van der Waals surface area contributed by atoms with E-state index in [1.54, 1.807) is 6.92 Å². The molecule has 0 amide bonds. The van der Waals surface area contributed by atoms with Gasteiger partial charge in [0, 0.05) is 25.6 Å². The topological polar surface area (TPSA) is 385 Å². The first-order valence-electron chi connectivity index (χ1n) is 16.8. The highest BCUT2D eigenvalue weighted by Crippen LogP contribution is 2.37. The monoisotopic (exact) mass is 729 g/mol. The molecule has 50 heavy (non-hydrogen) atoms. The molecule has 21 nitrogen and oxygen atoms in total. The molecule has 0 aromatic carbocycles. The van der Waals surface area contributed by atoms with Crippen LogP contribution in [0.25, 0.3) is 0 Å². The van der Waals surface area contributed by atoms with E-state index in [0.29, 0.717) is 0 Å². The molecule has 3 aliphatic heterocycles. The maximum atomic E-state index is 12.9. The number of hydrogen-bond acceptors (Lipinski definition) is 21. The Balaban J connectivity index is 1.58. The van der Waals surface area contributed by atoms with Crippen LogP contribution < -0.4 is 28.7 Å². The van der Waals surface area contributed by atoms with E-state index in [9.17, 15) is 50.8 Å². The van der Waals surface area contributed by atoms with Crippen molar-refractivity contribution in [2.75, 3.05) is 19.7 Å². The number of Topliss-reactive ketones (excluding diaryl/α,β-unsaturated/α-hetero) is 1. The molecular weight excluding hydrogens is 674 g/mol. The number of ether oxygens (including phenoxy) is 6. The van der Waals surface area contributed by atoms with Crippen molar-refractivity contribution in [2.45, 2.75) is 149 Å². The van der Waals surface area contributed by atoms with Crippen LogP contribution in [-0.2, 0) is 33.2 Å². The summed E-state index contributed by atoms with van der Waals surface area (Å²) in [6.45, 7) is 0.422. The van der Waals surface area contributed by atoms with Gasteiger partial charge in [0.25, 0.3) is 0 Å². The molecule has 3 heterocycles. The molecular formula is C29H55N5O16. The zero-order valence-corrected chi connectivity index (χ0v) is 27.6. The molecule has 4 rings (SSSR count). The number of hydrogen-bond donors (Lipinski definition) is 14. The average molecular weight is 730 g/mol. The van der Waals surface area contributed by atoms with Crippen molar-refractivity contribution in [3.8, 4) is 0 Å². The minimum absolute atomic E-state index is 0.0771. The van der Waals surface area contributed by atoms with Gasteiger partial charge in [0.05, 0.1) is 30.9 Å². The molecule has 1 saturated carbocycles. The maximum Gasteiger partial charge on any atom is 0.187 e. The number of rotatable bonds is 14. The Morgan fingerprint density at radius 3 is 1.66 bits per heavy atom. The Kier molecular flexibility index (Phi) is 14.8. The zero-order valence-electron chi connectivity index (χ0n) is 27.6. The van der Waals surface area contributed by atoms with E-state index < -0.39 is 147 Å². The smallest absolute Gasteiger partial charge is 0.187 e. The lowest BCUT2D eigenvalue weighted by atomic mass is 9.76. The first-order valence-corrected chi connectivity index (χ1v) is 16.8. The van der Waals surface area contributed by atoms with Gasteiger partial charge < -0.3 is 103 Å². The largest absolute Gasteiger partial charge is 0.394 e. The first-order chi connectivity index (χ1) is 23.6. The molecule has 0 aromatic heterocycles. The van der Waals surface area contributed by atoms with Gasteiger partial charge in [-0.3, -0.25) is 4.79 Å². The summed E-state index contributed by atoms with van der Waals surface area (Å²) in [6.07, 6.45) is -25.0. The molecule has 0 bridgehead atoms. The van der Waals surface area contributed by atoms with E-state index in [4.69, 9.17) is 57.1 Å². The van der Waals surface area contributed by atoms with Crippen LogP contribution >= 0.6 is 0 Å². The van der Waals surface area contributed by atoms with Gasteiger partial charge in [-0.05, 0) is 18.8 Å². The van der Waals surface area contributed by atoms with Crippen molar-refractivity contribution in [3.63, 3.8) is 0 Å². The molecule has 0 radical (unpaired) electrons. The summed E-state index contributed by atoms with van der Waals surface area (Å²) < 4.78 is 35.1. The van der Waals surface area contributed by atoms with Crippen molar-refractivity contribution >= 4 is 5.78 Å². The lowest BCUT2D eigenvalue weighted by molar-refractivity contribution is -0.309. The summed E-state index contributed by atoms with van der Waals surface area (Å²) >= 11 is 0. The van der Waals surface area contributed by atoms with Crippen LogP contribution in [0.5, 0.6) is 0 Å². The molecule has 4 aliphatic rings. The number of aliphatic hydroxyl groups excluding tert-OH is 9. The van der Waals surface area contributed by atoms with Crippen molar-refractivity contribution in [1.82, 2.24) is 0 Å². The molecule has 4 fully saturated rings. The van der Waals surface area contributed by atoms with E-state index in [2.05, 4.69) is 0 Å². The Hall–Kier alpha value is -1.13. The Morgan fingerprint density at radius 1 is 0.700 bits per heavy atom. The molecule has 1 aliphatic carbocycles. The summed E-state index contributed by atoms with van der Waals surface area (Å²) in [6, 6.07) is -3.67. The SMILES string of the molecule is CC[C@@H](O)[C@H](O)C(=O)C[C@@H]1C[C@H](N)[C@@H](O[C@H]2O[C@H](CN)[C@@H](O)[C@@H](O)[C@H]2N)[C@H](O[C@@H]2O[C@H](CO)[C@@H](O[C@H]3O[C@@H](CN)[C@@H](O)[C@H](O)[C@H]3N)[C@H]2O)[C@H]1O. The number of nitrogens with two attached hydrogens (primary N) is 5. The fraction of sp³-hybridized carbons (Fsp3) is 0.966. The van der Waals surface area contributed by atoms with Gasteiger partial charge in [-0.15, -0.1) is 0 Å². The Bertz CT molecular complexity index is 1080. The maximum absolute atomic E-state index is 12.9. The van der Waals surface area contributed by atoms with Crippen LogP contribution in [0.3, 0.4) is 0 Å². The molecule has 21 heteroatoms. The predicted molar refractivity (Wildman–Crippen MR) is 166 cm³/mol. The number of aliphatic hydroxyl groups is 9. The van der Waals surface area contributed by atoms with Crippen molar-refractivity contribution in [2.24, 2.45) is 34.6 Å². The average Bonchev–Trinajstić information content (AvgIpc) is 3.40. The quantitative estimate of drug-likeness (QED) is 0.0789. The lowest BCUT2D eigenvalue weighted by Crippen LogP contribution is -2.67. The molecule has 0 unspecified atom stereocenters. The predicted octanol–water partition coefficient (Wildman–Crippen LogP) is -8.52. The van der Waals surface area contributed by atoms with Crippen molar-refractivity contribution in [1.29, 1.82) is 0 Å². The Morgan fingerprint density at radius 2 is 1.18 bits per heavy atom. The minimum Gasteiger partial charge on any atom is -0.394 e. The number of ketones is 1. The fourth-order valence-electron chi connectivity index (χ4n) is 6.82. The molecule has 0 aromatic rings. The van der Waals surface area contributed by atoms with Crippen LogP contribution in [-0.4, -0.2) is 194 Å². The Labute approximate surface area is 288 Å². The summed E-state index contributed by atoms with van der Waals surface area (Å²) in [5.41, 5.74) is 29.9. The highest BCUT2D eigenvalue weighted by Gasteiger charge is 2.55. The third kappa shape index (κ3) is 8.63. The highest BCUT2D eigenvalue weighted by atomic mass is 16.8. The van der Waals surface area contributed by atoms with Gasteiger partial charge in [0.1, 0.15) is 73.2 Å². The highest BCUT2D eigenvalue weighted by molar-refractivity contribution is 5.83. The van der Waals surface area contributed by atoms with Crippen LogP contribution in [0, 0.1) is 5.92 Å². The zero-order chi connectivity index (χ0) is 37.2. The number of carbonyl (C=O) groups excluding carboxylic acids is 1. The van der Waals surface area contributed by atoms with Gasteiger partial charge in [0.2, 0.25) is 0 Å². The second-order valence-corrected chi connectivity index (χ2v) is 13.4. The summed E-state index contributed by atoms with van der Waals surface area (Å²) in [5, 5.41) is 94.8. The number of carbonyl (C=O) groups is 1. The van der Waals surface area contributed by atoms with Crippen molar-refractivity contribution in [3.05, 3.63) is 0 Å². The van der Waals surface area contributed by atoms with Gasteiger partial charge in [-0.25, -0.2) is 0 Å². The van der Waals surface area contributed by atoms with E-state index in [1.807, 2.05) is 0 Å². The van der Waals surface area contributed by atoms with Crippen molar-refractivity contribution < 1.29 is 79.2 Å². The molecule has 292 valence electrons. The summed E-state index contributed by atoms with van der Waals surface area (Å²) in [4.78, 5) is 12.9. The van der Waals surface area contributed by atoms with E-state index in [-0.39, 0.29) is 25.9 Å². The van der Waals surface area contributed by atoms with Gasteiger partial charge in [0.15, 0.2) is 24.7 Å². The van der Waals surface area contributed by atoms with E-state index in [1.165, 1.54) is 0 Å². The second-order valence-electron chi connectivity index (χ2n) is 13.4. The summed E-state index contributed by atoms with van der Waals surface area (Å²) in [7, 11) is 0. The third-order valence-corrected chi connectivity index (χ3v) is 10.0. The van der Waals surface area contributed by atoms with Crippen LogP contribution in [0.2, 0.25) is 0 Å². The molecule has 21 atom stereocenters. The lowest BCUT2D eigenvalue weighted by Gasteiger charge is -2.48. The second kappa shape index (κ2) is 17.8. The van der Waals surface area contributed by atoms with E-state index in [0.717, 1.165) is 0 Å². The fourth-order valence-corrected chi connectivity index (χ4v) is 6.82. The molecule has 3 saturated heterocycles.